The zero-order chi connectivity index (χ0) is 18.7. The molecule has 3 rings (SSSR count). The summed E-state index contributed by atoms with van der Waals surface area (Å²) >= 11 is 0. The molecule has 0 aliphatic carbocycles. The van der Waals surface area contributed by atoms with E-state index < -0.39 is 17.5 Å². The number of carbonyl (C=O) groups excluding carboxylic acids is 1. The van der Waals surface area contributed by atoms with Crippen LogP contribution in [0.4, 0.5) is 14.5 Å². The number of nitriles is 1. The van der Waals surface area contributed by atoms with Crippen molar-refractivity contribution in [1.29, 1.82) is 5.26 Å². The number of rotatable bonds is 4. The predicted molar refractivity (Wildman–Crippen MR) is 87.7 cm³/mol. The second-order valence-corrected chi connectivity index (χ2v) is 5.21. The highest BCUT2D eigenvalue weighted by molar-refractivity contribution is 6.09. The van der Waals surface area contributed by atoms with Gasteiger partial charge < -0.3 is 19.5 Å². The first-order chi connectivity index (χ1) is 12.5. The molecule has 0 unspecified atom stereocenters. The van der Waals surface area contributed by atoms with Gasteiger partial charge in [0.1, 0.15) is 23.3 Å². The van der Waals surface area contributed by atoms with Gasteiger partial charge in [-0.2, -0.15) is 5.26 Å². The quantitative estimate of drug-likeness (QED) is 0.670. The standard InChI is InChI=1S/C18H12F2N2O4/c1-24-15-5-10(6-16-17(15)26-9-25-16)4-11(8-21)18(23)22-14-3-2-12(19)7-13(14)20/h2-7H,9H2,1H3,(H,22,23)/b11-4+. The third-order valence-electron chi connectivity index (χ3n) is 3.54. The largest absolute Gasteiger partial charge is 0.493 e. The van der Waals surface area contributed by atoms with Crippen molar-refractivity contribution in [3.8, 4) is 23.3 Å². The highest BCUT2D eigenvalue weighted by atomic mass is 19.1. The molecule has 0 saturated heterocycles. The van der Waals surface area contributed by atoms with E-state index >= 15 is 0 Å². The number of halogens is 2. The summed E-state index contributed by atoms with van der Waals surface area (Å²) in [6.07, 6.45) is 1.29. The van der Waals surface area contributed by atoms with Crippen LogP contribution in [0.3, 0.4) is 0 Å². The third kappa shape index (κ3) is 3.42. The number of carbonyl (C=O) groups is 1. The van der Waals surface area contributed by atoms with Crippen LogP contribution in [0.1, 0.15) is 5.56 Å². The van der Waals surface area contributed by atoms with Gasteiger partial charge in [0.05, 0.1) is 12.8 Å². The summed E-state index contributed by atoms with van der Waals surface area (Å²) in [6.45, 7) is 0.0360. The van der Waals surface area contributed by atoms with Crippen molar-refractivity contribution in [3.05, 3.63) is 53.1 Å². The molecular weight excluding hydrogens is 346 g/mol. The molecule has 0 fully saturated rings. The van der Waals surface area contributed by atoms with Gasteiger partial charge in [-0.3, -0.25) is 4.79 Å². The lowest BCUT2D eigenvalue weighted by Crippen LogP contribution is -2.14. The number of amides is 1. The lowest BCUT2D eigenvalue weighted by Gasteiger charge is -2.07. The van der Waals surface area contributed by atoms with E-state index in [0.717, 1.165) is 12.1 Å². The van der Waals surface area contributed by atoms with Gasteiger partial charge >= 0.3 is 0 Å². The molecule has 132 valence electrons. The monoisotopic (exact) mass is 358 g/mol. The Labute approximate surface area is 147 Å². The lowest BCUT2D eigenvalue weighted by molar-refractivity contribution is -0.112. The first-order valence-electron chi connectivity index (χ1n) is 7.37. The van der Waals surface area contributed by atoms with Crippen LogP contribution >= 0.6 is 0 Å². The molecule has 2 aromatic carbocycles. The summed E-state index contributed by atoms with van der Waals surface area (Å²) in [5.74, 6) is -1.33. The SMILES string of the molecule is COc1cc(/C=C(\C#N)C(=O)Nc2ccc(F)cc2F)cc2c1OCO2. The normalized spacial score (nSPS) is 12.5. The minimum Gasteiger partial charge on any atom is -0.493 e. The summed E-state index contributed by atoms with van der Waals surface area (Å²) in [5.41, 5.74) is -0.0622. The molecule has 1 aliphatic rings. The summed E-state index contributed by atoms with van der Waals surface area (Å²) in [4.78, 5) is 12.2. The second kappa shape index (κ2) is 7.11. The van der Waals surface area contributed by atoms with Crippen LogP contribution in [-0.2, 0) is 4.79 Å². The number of hydrogen-bond donors (Lipinski definition) is 1. The highest BCUT2D eigenvalue weighted by Crippen LogP contribution is 2.42. The molecule has 1 heterocycles. The van der Waals surface area contributed by atoms with Crippen LogP contribution in [0.2, 0.25) is 0 Å². The van der Waals surface area contributed by atoms with E-state index in [1.807, 2.05) is 0 Å². The Morgan fingerprint density at radius 1 is 1.31 bits per heavy atom. The van der Waals surface area contributed by atoms with Crippen LogP contribution in [0.25, 0.3) is 6.08 Å². The molecule has 26 heavy (non-hydrogen) atoms. The minimum atomic E-state index is -0.944. The number of anilines is 1. The summed E-state index contributed by atoms with van der Waals surface area (Å²) in [6, 6.07) is 7.59. The number of nitrogens with one attached hydrogen (secondary N) is 1. The molecule has 0 bridgehead atoms. The Hall–Kier alpha value is -3.60. The van der Waals surface area contributed by atoms with Crippen LogP contribution in [-0.4, -0.2) is 19.8 Å². The Morgan fingerprint density at radius 3 is 2.81 bits per heavy atom. The van der Waals surface area contributed by atoms with Gasteiger partial charge in [-0.05, 0) is 35.9 Å². The number of methoxy groups -OCH3 is 1. The second-order valence-electron chi connectivity index (χ2n) is 5.21. The van der Waals surface area contributed by atoms with Crippen molar-refractivity contribution < 1.29 is 27.8 Å². The molecule has 0 atom stereocenters. The van der Waals surface area contributed by atoms with Gasteiger partial charge in [0, 0.05) is 6.07 Å². The first kappa shape index (κ1) is 17.2. The van der Waals surface area contributed by atoms with Crippen LogP contribution in [0.5, 0.6) is 17.2 Å². The fourth-order valence-corrected chi connectivity index (χ4v) is 2.33. The molecule has 1 amide bonds. The van der Waals surface area contributed by atoms with Gasteiger partial charge in [-0.15, -0.1) is 0 Å². The molecule has 0 radical (unpaired) electrons. The Morgan fingerprint density at radius 2 is 2.12 bits per heavy atom. The number of fused-ring (bicyclic) bond motifs is 1. The average Bonchev–Trinajstić information content (AvgIpc) is 3.09. The van der Waals surface area contributed by atoms with E-state index in [-0.39, 0.29) is 18.1 Å². The van der Waals surface area contributed by atoms with Crippen molar-refractivity contribution in [1.82, 2.24) is 0 Å². The molecule has 1 N–H and O–H groups in total. The van der Waals surface area contributed by atoms with Crippen molar-refractivity contribution >= 4 is 17.7 Å². The smallest absolute Gasteiger partial charge is 0.266 e. The maximum absolute atomic E-state index is 13.6. The summed E-state index contributed by atoms with van der Waals surface area (Å²) < 4.78 is 42.3. The van der Waals surface area contributed by atoms with Gasteiger partial charge in [0.25, 0.3) is 5.91 Å². The molecule has 1 aliphatic heterocycles. The Kier molecular flexibility index (Phi) is 4.71. The number of benzene rings is 2. The molecule has 0 saturated carbocycles. The molecule has 0 aromatic heterocycles. The van der Waals surface area contributed by atoms with Crippen LogP contribution in [0.15, 0.2) is 35.9 Å². The Balaban J connectivity index is 1.89. The zero-order valence-corrected chi connectivity index (χ0v) is 13.5. The number of nitrogens with zero attached hydrogens (tertiary/aromatic N) is 1. The lowest BCUT2D eigenvalue weighted by atomic mass is 10.1. The number of hydrogen-bond acceptors (Lipinski definition) is 5. The van der Waals surface area contributed by atoms with Crippen LogP contribution < -0.4 is 19.5 Å². The number of ether oxygens (including phenoxy) is 3. The molecule has 0 spiro atoms. The minimum absolute atomic E-state index is 0.0360. The van der Waals surface area contributed by atoms with E-state index in [1.165, 1.54) is 13.2 Å². The van der Waals surface area contributed by atoms with Crippen molar-refractivity contribution in [2.24, 2.45) is 0 Å². The van der Waals surface area contributed by atoms with Crippen LogP contribution in [0, 0.1) is 23.0 Å². The van der Waals surface area contributed by atoms with Crippen molar-refractivity contribution in [3.63, 3.8) is 0 Å². The van der Waals surface area contributed by atoms with Crippen molar-refractivity contribution in [2.75, 3.05) is 19.2 Å². The van der Waals surface area contributed by atoms with Gasteiger partial charge in [-0.25, -0.2) is 8.78 Å². The topological polar surface area (TPSA) is 80.6 Å². The summed E-state index contributed by atoms with van der Waals surface area (Å²) in [5, 5.41) is 11.5. The van der Waals surface area contributed by atoms with Gasteiger partial charge in [0.2, 0.25) is 12.5 Å². The van der Waals surface area contributed by atoms with E-state index in [9.17, 15) is 18.8 Å². The van der Waals surface area contributed by atoms with Gasteiger partial charge in [0.15, 0.2) is 11.5 Å². The molecule has 8 heteroatoms. The molecule has 6 nitrogen and oxygen atoms in total. The molecule has 2 aromatic rings. The van der Waals surface area contributed by atoms with Gasteiger partial charge in [-0.1, -0.05) is 0 Å². The maximum Gasteiger partial charge on any atom is 0.266 e. The first-order valence-corrected chi connectivity index (χ1v) is 7.37. The van der Waals surface area contributed by atoms with E-state index in [2.05, 4.69) is 5.32 Å². The fraction of sp³-hybridized carbons (Fsp3) is 0.111. The predicted octanol–water partition coefficient (Wildman–Crippen LogP) is 3.25. The maximum atomic E-state index is 13.6. The van der Waals surface area contributed by atoms with E-state index in [1.54, 1.807) is 18.2 Å². The highest BCUT2D eigenvalue weighted by Gasteiger charge is 2.20. The Bertz CT molecular complexity index is 951. The zero-order valence-electron chi connectivity index (χ0n) is 13.5. The third-order valence-corrected chi connectivity index (χ3v) is 3.54. The van der Waals surface area contributed by atoms with E-state index in [0.29, 0.717) is 28.9 Å². The van der Waals surface area contributed by atoms with Crippen molar-refractivity contribution in [2.45, 2.75) is 0 Å². The summed E-state index contributed by atoms with van der Waals surface area (Å²) in [7, 11) is 1.44. The molecular formula is C18H12F2N2O4. The average molecular weight is 358 g/mol. The fourth-order valence-electron chi connectivity index (χ4n) is 2.33. The van der Waals surface area contributed by atoms with E-state index in [4.69, 9.17) is 14.2 Å².